The van der Waals surface area contributed by atoms with Gasteiger partial charge >= 0.3 is 0 Å². The van der Waals surface area contributed by atoms with Crippen molar-refractivity contribution >= 4 is 0 Å². The molecule has 106 valence electrons. The standard InChI is InChI=1S/C16H14N2O3/c1-19-14-10-6-5-9-13(14)16-17-15(21-18-16)11-20-12-7-3-2-4-8-12/h2-10H,11H2,1H3. The summed E-state index contributed by atoms with van der Waals surface area (Å²) in [6, 6.07) is 17.0. The fraction of sp³-hybridized carbons (Fsp3) is 0.125. The zero-order chi connectivity index (χ0) is 14.5. The van der Waals surface area contributed by atoms with E-state index < -0.39 is 0 Å². The number of rotatable bonds is 5. The van der Waals surface area contributed by atoms with Crippen LogP contribution in [0.3, 0.4) is 0 Å². The summed E-state index contributed by atoms with van der Waals surface area (Å²) in [6.45, 7) is 0.228. The minimum atomic E-state index is 0.228. The van der Waals surface area contributed by atoms with E-state index in [-0.39, 0.29) is 6.61 Å². The Hall–Kier alpha value is -2.82. The van der Waals surface area contributed by atoms with Gasteiger partial charge in [-0.25, -0.2) is 0 Å². The Labute approximate surface area is 122 Å². The fourth-order valence-electron chi connectivity index (χ4n) is 1.91. The molecule has 0 fully saturated rings. The van der Waals surface area contributed by atoms with Crippen molar-refractivity contribution in [3.05, 3.63) is 60.5 Å². The maximum atomic E-state index is 5.57. The van der Waals surface area contributed by atoms with E-state index in [1.54, 1.807) is 7.11 Å². The summed E-state index contributed by atoms with van der Waals surface area (Å²) in [5.74, 6) is 2.36. The molecule has 0 aliphatic carbocycles. The lowest BCUT2D eigenvalue weighted by Crippen LogP contribution is -1.95. The number of ether oxygens (including phenoxy) is 2. The van der Waals surface area contributed by atoms with E-state index in [1.165, 1.54) is 0 Å². The molecule has 5 heteroatoms. The first kappa shape index (κ1) is 13.2. The van der Waals surface area contributed by atoms with Gasteiger partial charge in [0.05, 0.1) is 12.7 Å². The van der Waals surface area contributed by atoms with E-state index in [0.29, 0.717) is 17.5 Å². The maximum Gasteiger partial charge on any atom is 0.264 e. The molecule has 1 aromatic heterocycles. The van der Waals surface area contributed by atoms with Crippen molar-refractivity contribution < 1.29 is 14.0 Å². The summed E-state index contributed by atoms with van der Waals surface area (Å²) in [6.07, 6.45) is 0. The highest BCUT2D eigenvalue weighted by Gasteiger charge is 2.12. The van der Waals surface area contributed by atoms with Crippen LogP contribution >= 0.6 is 0 Å². The average Bonchev–Trinajstić information content (AvgIpc) is 3.02. The first-order chi connectivity index (χ1) is 10.4. The Balaban J connectivity index is 1.74. The molecular weight excluding hydrogens is 268 g/mol. The van der Waals surface area contributed by atoms with Crippen LogP contribution in [0.25, 0.3) is 11.4 Å². The Morgan fingerprint density at radius 3 is 2.57 bits per heavy atom. The van der Waals surface area contributed by atoms with Gasteiger partial charge in [-0.05, 0) is 24.3 Å². The van der Waals surface area contributed by atoms with Crippen molar-refractivity contribution in [1.29, 1.82) is 0 Å². The molecule has 0 saturated heterocycles. The molecule has 3 aromatic rings. The number of hydrogen-bond donors (Lipinski definition) is 0. The van der Waals surface area contributed by atoms with E-state index in [0.717, 1.165) is 11.3 Å². The molecule has 0 spiro atoms. The highest BCUT2D eigenvalue weighted by atomic mass is 16.5. The molecule has 0 aliphatic heterocycles. The lowest BCUT2D eigenvalue weighted by molar-refractivity contribution is 0.243. The minimum absolute atomic E-state index is 0.228. The van der Waals surface area contributed by atoms with Crippen molar-refractivity contribution in [2.45, 2.75) is 6.61 Å². The number of aromatic nitrogens is 2. The molecule has 0 bridgehead atoms. The van der Waals surface area contributed by atoms with Crippen LogP contribution in [0.15, 0.2) is 59.1 Å². The second-order valence-corrected chi connectivity index (χ2v) is 4.31. The van der Waals surface area contributed by atoms with Gasteiger partial charge in [-0.1, -0.05) is 35.5 Å². The van der Waals surface area contributed by atoms with Crippen LogP contribution in [-0.2, 0) is 6.61 Å². The number of nitrogens with zero attached hydrogens (tertiary/aromatic N) is 2. The molecule has 0 aliphatic rings. The number of para-hydroxylation sites is 2. The average molecular weight is 282 g/mol. The molecule has 3 rings (SSSR count). The van der Waals surface area contributed by atoms with Gasteiger partial charge in [-0.2, -0.15) is 4.98 Å². The van der Waals surface area contributed by atoms with Gasteiger partial charge in [0, 0.05) is 0 Å². The van der Waals surface area contributed by atoms with Gasteiger partial charge in [0.1, 0.15) is 11.5 Å². The molecular formula is C16H14N2O3. The molecule has 1 heterocycles. The number of hydrogen-bond acceptors (Lipinski definition) is 5. The quantitative estimate of drug-likeness (QED) is 0.718. The van der Waals surface area contributed by atoms with Crippen molar-refractivity contribution in [1.82, 2.24) is 10.1 Å². The minimum Gasteiger partial charge on any atom is -0.496 e. The highest BCUT2D eigenvalue weighted by Crippen LogP contribution is 2.27. The van der Waals surface area contributed by atoms with Crippen molar-refractivity contribution in [3.8, 4) is 22.9 Å². The van der Waals surface area contributed by atoms with E-state index in [9.17, 15) is 0 Å². The van der Waals surface area contributed by atoms with Gasteiger partial charge < -0.3 is 14.0 Å². The second kappa shape index (κ2) is 6.09. The Morgan fingerprint density at radius 1 is 1.00 bits per heavy atom. The van der Waals surface area contributed by atoms with Crippen molar-refractivity contribution in [2.75, 3.05) is 7.11 Å². The molecule has 0 N–H and O–H groups in total. The predicted octanol–water partition coefficient (Wildman–Crippen LogP) is 3.32. The Kier molecular flexibility index (Phi) is 3.82. The van der Waals surface area contributed by atoms with E-state index in [4.69, 9.17) is 14.0 Å². The molecule has 0 atom stereocenters. The lowest BCUT2D eigenvalue weighted by atomic mass is 10.2. The highest BCUT2D eigenvalue weighted by molar-refractivity contribution is 5.63. The third-order valence-corrected chi connectivity index (χ3v) is 2.92. The van der Waals surface area contributed by atoms with E-state index >= 15 is 0 Å². The summed E-state index contributed by atoms with van der Waals surface area (Å²) in [7, 11) is 1.61. The van der Waals surface area contributed by atoms with Crippen LogP contribution in [0.1, 0.15) is 5.89 Å². The zero-order valence-electron chi connectivity index (χ0n) is 11.5. The molecule has 2 aromatic carbocycles. The lowest BCUT2D eigenvalue weighted by Gasteiger charge is -2.03. The number of benzene rings is 2. The van der Waals surface area contributed by atoms with Crippen LogP contribution in [0, 0.1) is 0 Å². The monoisotopic (exact) mass is 282 g/mol. The smallest absolute Gasteiger partial charge is 0.264 e. The first-order valence-electron chi connectivity index (χ1n) is 6.50. The molecule has 0 radical (unpaired) electrons. The first-order valence-corrected chi connectivity index (χ1v) is 6.50. The van der Waals surface area contributed by atoms with Crippen LogP contribution in [0.5, 0.6) is 11.5 Å². The second-order valence-electron chi connectivity index (χ2n) is 4.31. The normalized spacial score (nSPS) is 10.3. The zero-order valence-corrected chi connectivity index (χ0v) is 11.5. The summed E-state index contributed by atoms with van der Waals surface area (Å²) < 4.78 is 16.1. The SMILES string of the molecule is COc1ccccc1-c1noc(COc2ccccc2)n1. The fourth-order valence-corrected chi connectivity index (χ4v) is 1.91. The van der Waals surface area contributed by atoms with Crippen LogP contribution in [-0.4, -0.2) is 17.3 Å². The molecule has 0 saturated carbocycles. The van der Waals surface area contributed by atoms with Gasteiger partial charge in [0.2, 0.25) is 5.82 Å². The third-order valence-electron chi connectivity index (χ3n) is 2.92. The van der Waals surface area contributed by atoms with Gasteiger partial charge in [0.25, 0.3) is 5.89 Å². The summed E-state index contributed by atoms with van der Waals surface area (Å²) in [5, 5.41) is 3.96. The number of methoxy groups -OCH3 is 1. The maximum absolute atomic E-state index is 5.57. The summed E-state index contributed by atoms with van der Waals surface area (Å²) in [4.78, 5) is 4.32. The summed E-state index contributed by atoms with van der Waals surface area (Å²) >= 11 is 0. The van der Waals surface area contributed by atoms with E-state index in [1.807, 2.05) is 54.6 Å². The topological polar surface area (TPSA) is 57.4 Å². The largest absolute Gasteiger partial charge is 0.496 e. The van der Waals surface area contributed by atoms with Crippen LogP contribution < -0.4 is 9.47 Å². The van der Waals surface area contributed by atoms with E-state index in [2.05, 4.69) is 10.1 Å². The van der Waals surface area contributed by atoms with Crippen LogP contribution in [0.4, 0.5) is 0 Å². The van der Waals surface area contributed by atoms with Gasteiger partial charge in [-0.15, -0.1) is 0 Å². The summed E-state index contributed by atoms with van der Waals surface area (Å²) in [5.41, 5.74) is 0.787. The molecule has 5 nitrogen and oxygen atoms in total. The Morgan fingerprint density at radius 2 is 1.76 bits per heavy atom. The third kappa shape index (κ3) is 3.02. The molecule has 0 unspecified atom stereocenters. The van der Waals surface area contributed by atoms with Gasteiger partial charge in [-0.3, -0.25) is 0 Å². The van der Waals surface area contributed by atoms with Crippen molar-refractivity contribution in [2.24, 2.45) is 0 Å². The predicted molar refractivity (Wildman–Crippen MR) is 77.1 cm³/mol. The Bertz CT molecular complexity index is 710. The van der Waals surface area contributed by atoms with Gasteiger partial charge in [0.15, 0.2) is 6.61 Å². The van der Waals surface area contributed by atoms with Crippen LogP contribution in [0.2, 0.25) is 0 Å². The van der Waals surface area contributed by atoms with Crippen molar-refractivity contribution in [3.63, 3.8) is 0 Å². The molecule has 21 heavy (non-hydrogen) atoms. The molecule has 0 amide bonds.